The molecule has 0 aliphatic heterocycles. The highest BCUT2D eigenvalue weighted by Crippen LogP contribution is 2.18. The Morgan fingerprint density at radius 3 is 2.43 bits per heavy atom. The fraction of sp³-hybridized carbons (Fsp3) is 0.647. The molecule has 0 aliphatic rings. The first kappa shape index (κ1) is 19.7. The average Bonchev–Trinajstić information content (AvgIpc) is 2.52. The highest BCUT2D eigenvalue weighted by Gasteiger charge is 2.24. The Labute approximate surface area is 144 Å². The number of aromatic nitrogens is 1. The minimum atomic E-state index is -0.679. The Kier molecular flexibility index (Phi) is 8.95. The van der Waals surface area contributed by atoms with Crippen molar-refractivity contribution in [2.75, 3.05) is 13.1 Å². The van der Waals surface area contributed by atoms with Crippen molar-refractivity contribution in [3.05, 3.63) is 29.0 Å². The van der Waals surface area contributed by atoms with Crippen molar-refractivity contribution in [3.8, 4) is 0 Å². The van der Waals surface area contributed by atoms with Crippen LogP contribution in [0.25, 0.3) is 0 Å². The maximum Gasteiger partial charge on any atom is 0.191 e. The van der Waals surface area contributed by atoms with Crippen LogP contribution in [0.4, 0.5) is 0 Å². The van der Waals surface area contributed by atoms with E-state index in [0.29, 0.717) is 24.2 Å². The fourth-order valence-corrected chi connectivity index (χ4v) is 2.60. The Hall–Kier alpha value is -1.33. The van der Waals surface area contributed by atoms with Crippen molar-refractivity contribution < 1.29 is 5.11 Å². The molecule has 1 rings (SSSR count). The molecule has 3 N–H and O–H groups in total. The minimum Gasteiger partial charge on any atom is -0.388 e. The molecule has 0 amide bonds. The molecule has 0 bridgehead atoms. The lowest BCUT2D eigenvalue weighted by atomic mass is 9.93. The van der Waals surface area contributed by atoms with Gasteiger partial charge in [0.2, 0.25) is 0 Å². The summed E-state index contributed by atoms with van der Waals surface area (Å²) in [6.07, 6.45) is 5.22. The van der Waals surface area contributed by atoms with Crippen LogP contribution in [-0.4, -0.2) is 34.7 Å². The van der Waals surface area contributed by atoms with E-state index in [0.717, 1.165) is 37.8 Å². The highest BCUT2D eigenvalue weighted by molar-refractivity contribution is 6.29. The maximum atomic E-state index is 10.7. The average molecular weight is 341 g/mol. The Morgan fingerprint density at radius 1 is 1.22 bits per heavy atom. The molecule has 23 heavy (non-hydrogen) atoms. The zero-order valence-electron chi connectivity index (χ0n) is 14.4. The van der Waals surface area contributed by atoms with Crippen molar-refractivity contribution in [3.63, 3.8) is 0 Å². The number of hydrogen-bond donors (Lipinski definition) is 3. The molecule has 0 fully saturated rings. The van der Waals surface area contributed by atoms with Crippen LogP contribution in [-0.2, 0) is 6.54 Å². The maximum absolute atomic E-state index is 10.7. The summed E-state index contributed by atoms with van der Waals surface area (Å²) in [4.78, 5) is 8.59. The molecular formula is C17H29ClN4O. The third kappa shape index (κ3) is 7.66. The van der Waals surface area contributed by atoms with Crippen LogP contribution < -0.4 is 10.6 Å². The van der Waals surface area contributed by atoms with Crippen molar-refractivity contribution in [2.45, 2.75) is 58.6 Å². The third-order valence-electron chi connectivity index (χ3n) is 3.57. The van der Waals surface area contributed by atoms with Crippen LogP contribution in [0, 0.1) is 0 Å². The van der Waals surface area contributed by atoms with Gasteiger partial charge in [-0.2, -0.15) is 0 Å². The molecular weight excluding hydrogens is 312 g/mol. The van der Waals surface area contributed by atoms with E-state index in [1.165, 1.54) is 0 Å². The number of guanidine groups is 1. The van der Waals surface area contributed by atoms with E-state index in [1.807, 2.05) is 13.0 Å². The van der Waals surface area contributed by atoms with Gasteiger partial charge in [0.1, 0.15) is 5.15 Å². The van der Waals surface area contributed by atoms with Gasteiger partial charge in [-0.05, 0) is 31.4 Å². The first-order valence-electron chi connectivity index (χ1n) is 8.38. The summed E-state index contributed by atoms with van der Waals surface area (Å²) >= 11 is 5.78. The standard InChI is InChI=1S/C17H29ClN4O/c1-4-9-17(23,10-5-2)13-22-16(19-6-3)21-12-14-7-8-15(18)20-11-14/h7-8,11,23H,4-6,9-10,12-13H2,1-3H3,(H2,19,21,22). The highest BCUT2D eigenvalue weighted by atomic mass is 35.5. The van der Waals surface area contributed by atoms with Crippen LogP contribution in [0.2, 0.25) is 5.15 Å². The van der Waals surface area contributed by atoms with E-state index in [-0.39, 0.29) is 0 Å². The number of rotatable bonds is 9. The van der Waals surface area contributed by atoms with Crippen LogP contribution in [0.5, 0.6) is 0 Å². The van der Waals surface area contributed by atoms with E-state index in [4.69, 9.17) is 11.6 Å². The molecule has 0 spiro atoms. The van der Waals surface area contributed by atoms with Gasteiger partial charge in [0.25, 0.3) is 0 Å². The van der Waals surface area contributed by atoms with Gasteiger partial charge in [0.15, 0.2) is 5.96 Å². The monoisotopic (exact) mass is 340 g/mol. The smallest absolute Gasteiger partial charge is 0.191 e. The van der Waals surface area contributed by atoms with Gasteiger partial charge in [-0.1, -0.05) is 44.4 Å². The van der Waals surface area contributed by atoms with Crippen LogP contribution >= 0.6 is 11.6 Å². The summed E-state index contributed by atoms with van der Waals surface area (Å²) in [6.45, 7) is 7.98. The second-order valence-corrected chi connectivity index (χ2v) is 6.15. The lowest BCUT2D eigenvalue weighted by molar-refractivity contribution is 0.0257. The number of pyridine rings is 1. The lowest BCUT2D eigenvalue weighted by Crippen LogP contribution is -2.47. The zero-order valence-corrected chi connectivity index (χ0v) is 15.2. The van der Waals surface area contributed by atoms with Crippen molar-refractivity contribution in [1.29, 1.82) is 0 Å². The molecule has 1 heterocycles. The van der Waals surface area contributed by atoms with Gasteiger partial charge in [-0.15, -0.1) is 0 Å². The van der Waals surface area contributed by atoms with Gasteiger partial charge >= 0.3 is 0 Å². The van der Waals surface area contributed by atoms with Crippen LogP contribution in [0.15, 0.2) is 23.3 Å². The van der Waals surface area contributed by atoms with Gasteiger partial charge in [-0.3, -0.25) is 0 Å². The van der Waals surface area contributed by atoms with Gasteiger partial charge in [-0.25, -0.2) is 9.98 Å². The van der Waals surface area contributed by atoms with Crippen LogP contribution in [0.1, 0.15) is 52.0 Å². The molecule has 0 saturated carbocycles. The summed E-state index contributed by atoms with van der Waals surface area (Å²) in [5.41, 5.74) is 0.311. The van der Waals surface area contributed by atoms with Gasteiger partial charge in [0, 0.05) is 19.3 Å². The first-order valence-corrected chi connectivity index (χ1v) is 8.75. The molecule has 1 aromatic rings. The SMILES string of the molecule is CCCC(O)(CCC)CNC(=NCc1ccc(Cl)nc1)NCC. The summed E-state index contributed by atoms with van der Waals surface area (Å²) in [6, 6.07) is 3.67. The lowest BCUT2D eigenvalue weighted by Gasteiger charge is -2.28. The number of nitrogens with one attached hydrogen (secondary N) is 2. The molecule has 1 aromatic heterocycles. The van der Waals surface area contributed by atoms with Crippen molar-refractivity contribution in [1.82, 2.24) is 15.6 Å². The predicted octanol–water partition coefficient (Wildman–Crippen LogP) is 3.12. The van der Waals surface area contributed by atoms with E-state index < -0.39 is 5.60 Å². The molecule has 0 atom stereocenters. The predicted molar refractivity (Wildman–Crippen MR) is 96.8 cm³/mol. The second-order valence-electron chi connectivity index (χ2n) is 5.76. The summed E-state index contributed by atoms with van der Waals surface area (Å²) < 4.78 is 0. The van der Waals surface area contributed by atoms with E-state index in [1.54, 1.807) is 12.3 Å². The fourth-order valence-electron chi connectivity index (χ4n) is 2.49. The summed E-state index contributed by atoms with van der Waals surface area (Å²) in [5, 5.41) is 17.6. The third-order valence-corrected chi connectivity index (χ3v) is 3.79. The molecule has 0 aromatic carbocycles. The molecule has 130 valence electrons. The zero-order chi connectivity index (χ0) is 17.1. The molecule has 5 nitrogen and oxygen atoms in total. The summed E-state index contributed by atoms with van der Waals surface area (Å²) in [7, 11) is 0. The van der Waals surface area contributed by atoms with Crippen LogP contribution in [0.3, 0.4) is 0 Å². The Bertz CT molecular complexity index is 470. The Balaban J connectivity index is 2.65. The number of halogens is 1. The molecule has 0 radical (unpaired) electrons. The molecule has 0 aliphatic carbocycles. The molecule has 6 heteroatoms. The number of aliphatic imine (C=N–C) groups is 1. The number of hydrogen-bond acceptors (Lipinski definition) is 3. The largest absolute Gasteiger partial charge is 0.388 e. The molecule has 0 saturated heterocycles. The summed E-state index contributed by atoms with van der Waals surface area (Å²) in [5.74, 6) is 0.702. The first-order chi connectivity index (χ1) is 11.0. The normalized spacial score (nSPS) is 12.3. The van der Waals surface area contributed by atoms with Crippen molar-refractivity contribution in [2.24, 2.45) is 4.99 Å². The van der Waals surface area contributed by atoms with E-state index in [9.17, 15) is 5.11 Å². The second kappa shape index (κ2) is 10.4. The minimum absolute atomic E-state index is 0.479. The number of aliphatic hydroxyl groups is 1. The quantitative estimate of drug-likeness (QED) is 0.367. The van der Waals surface area contributed by atoms with E-state index >= 15 is 0 Å². The van der Waals surface area contributed by atoms with Crippen molar-refractivity contribution >= 4 is 17.6 Å². The molecule has 0 unspecified atom stereocenters. The van der Waals surface area contributed by atoms with E-state index in [2.05, 4.69) is 34.5 Å². The topological polar surface area (TPSA) is 69.5 Å². The van der Waals surface area contributed by atoms with Gasteiger partial charge in [0.05, 0.1) is 12.1 Å². The van der Waals surface area contributed by atoms with Gasteiger partial charge < -0.3 is 15.7 Å². The Morgan fingerprint density at radius 2 is 1.91 bits per heavy atom. The number of nitrogens with zero attached hydrogens (tertiary/aromatic N) is 2.